The van der Waals surface area contributed by atoms with Crippen molar-refractivity contribution in [2.75, 3.05) is 80.0 Å². The summed E-state index contributed by atoms with van der Waals surface area (Å²) in [5.41, 5.74) is 0. The quantitative estimate of drug-likeness (QED) is 0.0421. The summed E-state index contributed by atoms with van der Waals surface area (Å²) in [6.45, 7) is 6.96. The van der Waals surface area contributed by atoms with Crippen LogP contribution in [0.4, 0.5) is 0 Å². The molecular weight excluding hydrogens is 672 g/mol. The number of aliphatic hydroxyl groups is 6. The molecule has 0 aromatic rings. The predicted molar refractivity (Wildman–Crippen MR) is 187 cm³/mol. The average Bonchev–Trinajstić information content (AvgIpc) is 3.14. The van der Waals surface area contributed by atoms with Gasteiger partial charge in [-0.15, -0.1) is 0 Å². The smallest absolute Gasteiger partial charge is 0.301 e. The highest BCUT2D eigenvalue weighted by atomic mass is 16.9. The third-order valence-corrected chi connectivity index (χ3v) is 8.38. The van der Waals surface area contributed by atoms with Crippen LogP contribution < -0.4 is 0 Å². The molecule has 1 heterocycles. The van der Waals surface area contributed by atoms with E-state index >= 15 is 0 Å². The average molecular weight is 745 g/mol. The standard InChI is InChI=1S/C33H72N6O12/c1-7-13-19-46-31(34(25-40)26-41)37(49-22-16-10-4)32(35(27-42)28-43,47-20-14-8-2)39(51-24-18-12-6)33(36(29-44)30-45,48-21-15-9-3)38(31)50-23-17-11-5/h40-45H,7-30H2,1-6H3. The third-order valence-electron chi connectivity index (χ3n) is 8.38. The van der Waals surface area contributed by atoms with Gasteiger partial charge in [0.15, 0.2) is 0 Å². The lowest BCUT2D eigenvalue weighted by Crippen LogP contribution is -2.96. The number of hydrogen-bond acceptors (Lipinski definition) is 18. The fourth-order valence-corrected chi connectivity index (χ4v) is 5.37. The molecule has 0 bridgehead atoms. The summed E-state index contributed by atoms with van der Waals surface area (Å²) in [6.07, 6.45) is 7.38. The molecule has 1 aliphatic heterocycles. The van der Waals surface area contributed by atoms with Crippen molar-refractivity contribution in [3.8, 4) is 0 Å². The minimum Gasteiger partial charge on any atom is -0.381 e. The Balaban J connectivity index is 4.81. The lowest BCUT2D eigenvalue weighted by atomic mass is 10.2. The second-order valence-electron chi connectivity index (χ2n) is 12.2. The van der Waals surface area contributed by atoms with Gasteiger partial charge in [0.1, 0.15) is 40.4 Å². The first-order valence-electron chi connectivity index (χ1n) is 18.9. The number of aliphatic hydroxyl groups excluding tert-OH is 6. The van der Waals surface area contributed by atoms with Crippen LogP contribution in [0.25, 0.3) is 0 Å². The summed E-state index contributed by atoms with van der Waals surface area (Å²) in [7, 11) is 0. The highest BCUT2D eigenvalue weighted by Crippen LogP contribution is 2.52. The second-order valence-corrected chi connectivity index (χ2v) is 12.2. The summed E-state index contributed by atoms with van der Waals surface area (Å²) in [5, 5.41) is 69.9. The van der Waals surface area contributed by atoms with Crippen molar-refractivity contribution < 1.29 is 59.4 Å². The highest BCUT2D eigenvalue weighted by Gasteiger charge is 2.79. The van der Waals surface area contributed by atoms with Crippen molar-refractivity contribution in [1.29, 1.82) is 0 Å². The van der Waals surface area contributed by atoms with Gasteiger partial charge in [-0.3, -0.25) is 14.5 Å². The molecule has 1 fully saturated rings. The van der Waals surface area contributed by atoms with Gasteiger partial charge in [0.05, 0.1) is 39.6 Å². The Kier molecular flexibility index (Phi) is 25.5. The molecule has 0 spiro atoms. The van der Waals surface area contributed by atoms with Crippen LogP contribution in [0.5, 0.6) is 0 Å². The van der Waals surface area contributed by atoms with Crippen molar-refractivity contribution in [2.45, 2.75) is 137 Å². The molecular formula is C33H72N6O12. The number of hydrogen-bond donors (Lipinski definition) is 6. The molecule has 1 saturated heterocycles. The summed E-state index contributed by atoms with van der Waals surface area (Å²) in [6, 6.07) is 0. The van der Waals surface area contributed by atoms with E-state index < -0.39 is 58.3 Å². The fourth-order valence-electron chi connectivity index (χ4n) is 5.37. The molecule has 6 N–H and O–H groups in total. The van der Waals surface area contributed by atoms with E-state index in [0.717, 1.165) is 34.0 Å². The summed E-state index contributed by atoms with van der Waals surface area (Å²) in [4.78, 5) is 23.2. The molecule has 0 aromatic carbocycles. The molecule has 0 atom stereocenters. The van der Waals surface area contributed by atoms with Gasteiger partial charge in [-0.05, 0) is 38.5 Å². The van der Waals surface area contributed by atoms with Crippen LogP contribution in [0.1, 0.15) is 119 Å². The predicted octanol–water partition coefficient (Wildman–Crippen LogP) is 1.99. The summed E-state index contributed by atoms with van der Waals surface area (Å²) >= 11 is 0. The minimum atomic E-state index is -2.37. The number of nitrogens with zero attached hydrogens (tertiary/aromatic N) is 6. The van der Waals surface area contributed by atoms with Crippen LogP contribution in [0.15, 0.2) is 0 Å². The molecule has 0 aromatic heterocycles. The summed E-state index contributed by atoms with van der Waals surface area (Å²) in [5.74, 6) is -7.10. The van der Waals surface area contributed by atoms with Gasteiger partial charge in [0.2, 0.25) is 0 Å². The van der Waals surface area contributed by atoms with Crippen LogP contribution in [0, 0.1) is 0 Å². The Labute approximate surface area is 305 Å². The third kappa shape index (κ3) is 11.4. The monoisotopic (exact) mass is 745 g/mol. The largest absolute Gasteiger partial charge is 0.381 e. The van der Waals surface area contributed by atoms with Crippen molar-refractivity contribution in [3.05, 3.63) is 0 Å². The molecule has 0 unspecified atom stereocenters. The minimum absolute atomic E-state index is 0.0115. The van der Waals surface area contributed by atoms with Crippen LogP contribution in [-0.4, -0.2) is 158 Å². The lowest BCUT2D eigenvalue weighted by molar-refractivity contribution is -0.687. The maximum atomic E-state index is 11.1. The van der Waals surface area contributed by atoms with E-state index in [1.807, 2.05) is 41.5 Å². The maximum Gasteiger partial charge on any atom is 0.301 e. The van der Waals surface area contributed by atoms with E-state index in [1.54, 1.807) is 0 Å². The molecule has 18 heteroatoms. The lowest BCUT2D eigenvalue weighted by Gasteiger charge is -2.70. The van der Waals surface area contributed by atoms with Crippen molar-refractivity contribution in [1.82, 2.24) is 29.9 Å². The zero-order valence-corrected chi connectivity index (χ0v) is 32.3. The van der Waals surface area contributed by atoms with Crippen LogP contribution >= 0.6 is 0 Å². The van der Waals surface area contributed by atoms with E-state index in [2.05, 4.69) is 0 Å². The zero-order valence-electron chi connectivity index (χ0n) is 32.3. The molecule has 0 radical (unpaired) electrons. The Morgan fingerprint density at radius 1 is 0.353 bits per heavy atom. The van der Waals surface area contributed by atoms with E-state index in [-0.39, 0.29) is 39.6 Å². The van der Waals surface area contributed by atoms with Crippen molar-refractivity contribution in [2.24, 2.45) is 0 Å². The fraction of sp³-hybridized carbons (Fsp3) is 1.00. The number of unbranched alkanes of at least 4 members (excludes halogenated alkanes) is 6. The first-order chi connectivity index (χ1) is 24.8. The SMILES string of the molecule is CCCCON1C(OCCCC)(N(CO)CO)N(OCCCC)C(OCCCC)(N(CO)CO)N(OCCCC)C1(OCCCC)N(CO)CO. The first kappa shape index (κ1) is 48.3. The Hall–Kier alpha value is -0.720. The van der Waals surface area contributed by atoms with Crippen molar-refractivity contribution >= 4 is 0 Å². The molecule has 1 rings (SSSR count). The second kappa shape index (κ2) is 27.0. The zero-order chi connectivity index (χ0) is 38.2. The van der Waals surface area contributed by atoms with E-state index in [1.165, 1.54) is 15.2 Å². The van der Waals surface area contributed by atoms with Gasteiger partial charge >= 0.3 is 17.9 Å². The Morgan fingerprint density at radius 2 is 0.549 bits per heavy atom. The topological polar surface area (TPSA) is 196 Å². The maximum absolute atomic E-state index is 11.1. The van der Waals surface area contributed by atoms with Crippen LogP contribution in [0.2, 0.25) is 0 Å². The van der Waals surface area contributed by atoms with E-state index in [0.29, 0.717) is 57.8 Å². The molecule has 1 aliphatic rings. The van der Waals surface area contributed by atoms with Gasteiger partial charge in [0, 0.05) is 0 Å². The molecule has 0 amide bonds. The van der Waals surface area contributed by atoms with Gasteiger partial charge in [-0.25, -0.2) is 0 Å². The number of ether oxygens (including phenoxy) is 3. The summed E-state index contributed by atoms with van der Waals surface area (Å²) < 4.78 is 20.4. The normalized spacial score (nSPS) is 23.8. The molecule has 306 valence electrons. The number of rotatable bonds is 33. The Morgan fingerprint density at radius 3 is 0.725 bits per heavy atom. The molecule has 51 heavy (non-hydrogen) atoms. The van der Waals surface area contributed by atoms with Gasteiger partial charge in [-0.1, -0.05) is 95.3 Å². The van der Waals surface area contributed by atoms with Gasteiger partial charge < -0.3 is 44.8 Å². The first-order valence-corrected chi connectivity index (χ1v) is 18.9. The van der Waals surface area contributed by atoms with Crippen molar-refractivity contribution in [3.63, 3.8) is 0 Å². The van der Waals surface area contributed by atoms with Crippen LogP contribution in [0.3, 0.4) is 0 Å². The highest BCUT2D eigenvalue weighted by molar-refractivity contribution is 4.97. The molecule has 0 saturated carbocycles. The molecule has 18 nitrogen and oxygen atoms in total. The van der Waals surface area contributed by atoms with Gasteiger partial charge in [-0.2, -0.15) is 14.7 Å². The molecule has 0 aliphatic carbocycles. The number of hydroxylamine groups is 6. The Bertz CT molecular complexity index is 728. The van der Waals surface area contributed by atoms with Gasteiger partial charge in [0.25, 0.3) is 0 Å². The van der Waals surface area contributed by atoms with E-state index in [9.17, 15) is 30.6 Å². The van der Waals surface area contributed by atoms with E-state index in [4.69, 9.17) is 28.7 Å². The van der Waals surface area contributed by atoms with Crippen LogP contribution in [-0.2, 0) is 28.7 Å².